The molecule has 41 heavy (non-hydrogen) atoms. The van der Waals surface area contributed by atoms with Gasteiger partial charge in [-0.15, -0.1) is 0 Å². The van der Waals surface area contributed by atoms with E-state index in [1.54, 1.807) is 0 Å². The van der Waals surface area contributed by atoms with Crippen molar-refractivity contribution in [3.05, 3.63) is 24.3 Å². The van der Waals surface area contributed by atoms with Crippen LogP contribution in [0.3, 0.4) is 0 Å². The Morgan fingerprint density at radius 2 is 0.561 bits per heavy atom. The van der Waals surface area contributed by atoms with E-state index in [0.29, 0.717) is 0 Å². The second kappa shape index (κ2) is 50.5. The molecule has 4 N–H and O–H groups in total. The zero-order valence-corrected chi connectivity index (χ0v) is 33.3. The third kappa shape index (κ3) is 57.2. The number of allylic oxidation sites excluding steroid dienone is 4. The molecular weight excluding hydrogens is 739 g/mol. The van der Waals surface area contributed by atoms with Gasteiger partial charge in [-0.1, -0.05) is 154 Å². The van der Waals surface area contributed by atoms with Gasteiger partial charge in [0.2, 0.25) is 0 Å². The molecule has 246 valence electrons. The fourth-order valence-corrected chi connectivity index (χ4v) is 4.78. The Morgan fingerprint density at radius 3 is 0.780 bits per heavy atom. The molecule has 0 aromatic rings. The summed E-state index contributed by atoms with van der Waals surface area (Å²) in [6.07, 6.45) is 47.8. The van der Waals surface area contributed by atoms with E-state index in [0.717, 1.165) is 13.1 Å². The van der Waals surface area contributed by atoms with Gasteiger partial charge in [0.05, 0.1) is 0 Å². The van der Waals surface area contributed by atoms with Gasteiger partial charge in [-0.2, -0.15) is 0 Å². The van der Waals surface area contributed by atoms with E-state index in [2.05, 4.69) is 38.2 Å². The molecule has 0 aromatic heterocycles. The molecule has 5 heteroatoms. The van der Waals surface area contributed by atoms with E-state index < -0.39 is 21.8 Å². The Hall–Kier alpha value is 0.902. The van der Waals surface area contributed by atoms with Gasteiger partial charge < -0.3 is 11.5 Å². The number of halogens is 2. The van der Waals surface area contributed by atoms with Crippen molar-refractivity contribution in [1.29, 1.82) is 0 Å². The zero-order chi connectivity index (χ0) is 30.7. The van der Waals surface area contributed by atoms with Crippen molar-refractivity contribution in [3.8, 4) is 0 Å². The van der Waals surface area contributed by atoms with Gasteiger partial charge in [0, 0.05) is 0 Å². The summed E-state index contributed by atoms with van der Waals surface area (Å²) in [7, 11) is 9.92. The maximum atomic E-state index is 5.47. The van der Waals surface area contributed by atoms with Gasteiger partial charge in [-0.05, 0) is 77.3 Å². The Bertz CT molecular complexity index is 421. The summed E-state index contributed by atoms with van der Waals surface area (Å²) in [5, 5.41) is 0. The third-order valence-corrected chi connectivity index (χ3v) is 7.43. The molecule has 0 saturated carbocycles. The first-order valence-electron chi connectivity index (χ1n) is 17.9. The molecule has 0 amide bonds. The van der Waals surface area contributed by atoms with Crippen LogP contribution in [0.25, 0.3) is 0 Å². The van der Waals surface area contributed by atoms with Gasteiger partial charge in [0.25, 0.3) is 0 Å². The molecule has 0 bridgehead atoms. The summed E-state index contributed by atoms with van der Waals surface area (Å²) in [6, 6.07) is 0. The normalized spacial score (nSPS) is 11.1. The molecule has 0 rings (SSSR count). The fourth-order valence-electron chi connectivity index (χ4n) is 4.78. The zero-order valence-electron chi connectivity index (χ0n) is 27.9. The Labute approximate surface area is 279 Å². The van der Waals surface area contributed by atoms with Crippen LogP contribution in [0.2, 0.25) is 0 Å². The van der Waals surface area contributed by atoms with E-state index in [4.69, 9.17) is 28.1 Å². The summed E-state index contributed by atoms with van der Waals surface area (Å²) >= 11 is -0.972. The summed E-state index contributed by atoms with van der Waals surface area (Å²) < 4.78 is 0. The van der Waals surface area contributed by atoms with Crippen molar-refractivity contribution in [1.82, 2.24) is 0 Å². The van der Waals surface area contributed by atoms with E-state index in [1.165, 1.54) is 180 Å². The third-order valence-electron chi connectivity index (χ3n) is 7.43. The van der Waals surface area contributed by atoms with Crippen LogP contribution < -0.4 is 11.5 Å². The van der Waals surface area contributed by atoms with Crippen molar-refractivity contribution in [2.24, 2.45) is 11.5 Å². The average Bonchev–Trinajstić information content (AvgIpc) is 2.98. The van der Waals surface area contributed by atoms with Crippen molar-refractivity contribution in [2.45, 2.75) is 194 Å². The molecule has 0 unspecified atom stereocenters. The van der Waals surface area contributed by atoms with Gasteiger partial charge in [-0.25, -0.2) is 0 Å². The quantitative estimate of drug-likeness (QED) is 0.0431. The number of hydrogen-bond acceptors (Lipinski definition) is 2. The number of rotatable bonds is 30. The molecule has 0 fully saturated rings. The summed E-state index contributed by atoms with van der Waals surface area (Å²) in [5.41, 5.74) is 10.9. The predicted octanol–water partition coefficient (Wildman–Crippen LogP) is 13.0. The second-order valence-electron chi connectivity index (χ2n) is 11.5. The van der Waals surface area contributed by atoms with Gasteiger partial charge in [-0.3, -0.25) is 0 Å². The minimum atomic E-state index is -0.972. The fraction of sp³-hybridized carbons (Fsp3) is 0.889. The molecule has 0 atom stereocenters. The van der Waals surface area contributed by atoms with Gasteiger partial charge in [0.15, 0.2) is 0 Å². The SMILES string of the molecule is CCCCCCCC/C=C\CCCCCCCCN.CCCCCCCC/C=C\CCCCCCCCN.[Cl][Pb][Cl]. The van der Waals surface area contributed by atoms with Crippen LogP contribution >= 0.6 is 16.6 Å². The van der Waals surface area contributed by atoms with E-state index in [9.17, 15) is 0 Å². The average molecular weight is 813 g/mol. The molecular formula is C36H74Cl2N2Pb. The van der Waals surface area contributed by atoms with Crippen molar-refractivity contribution in [2.75, 3.05) is 13.1 Å². The topological polar surface area (TPSA) is 52.0 Å². The number of unbranched alkanes of at least 4 members (excludes halogenated alkanes) is 24. The van der Waals surface area contributed by atoms with Crippen LogP contribution in [0.1, 0.15) is 194 Å². The summed E-state index contributed by atoms with van der Waals surface area (Å²) in [4.78, 5) is 0. The monoisotopic (exact) mass is 812 g/mol. The first-order valence-corrected chi connectivity index (χ1v) is 27.5. The summed E-state index contributed by atoms with van der Waals surface area (Å²) in [5.74, 6) is 0. The summed E-state index contributed by atoms with van der Waals surface area (Å²) in [6.45, 7) is 6.28. The predicted molar refractivity (Wildman–Crippen MR) is 194 cm³/mol. The van der Waals surface area contributed by atoms with Crippen LogP contribution in [0.4, 0.5) is 0 Å². The molecule has 0 heterocycles. The molecule has 0 saturated heterocycles. The standard InChI is InChI=1S/2C18H37N.2ClH.Pb/c2*1-2-3-4-5-6-7-8-9-10-11-12-13-14-15-16-17-18-19;;;/h2*9-10H,2-8,11-19H2,1H3;2*1H;/q;;;;+2/p-2/b2*10-9-;;;. The van der Waals surface area contributed by atoms with Crippen LogP contribution in [-0.4, -0.2) is 34.9 Å². The number of nitrogens with two attached hydrogens (primary N) is 2. The van der Waals surface area contributed by atoms with E-state index in [-0.39, 0.29) is 0 Å². The molecule has 0 aliphatic carbocycles. The van der Waals surface area contributed by atoms with Crippen LogP contribution in [0, 0.1) is 0 Å². The van der Waals surface area contributed by atoms with Gasteiger partial charge in [0.1, 0.15) is 0 Å². The molecule has 2 radical (unpaired) electrons. The maximum absolute atomic E-state index is 5.47. The Balaban J connectivity index is -0.000000642. The second-order valence-corrected chi connectivity index (χ2v) is 17.1. The molecule has 0 spiro atoms. The van der Waals surface area contributed by atoms with Crippen LogP contribution in [0.5, 0.6) is 0 Å². The van der Waals surface area contributed by atoms with Crippen molar-refractivity contribution < 1.29 is 0 Å². The van der Waals surface area contributed by atoms with Crippen molar-refractivity contribution >= 4 is 38.4 Å². The number of hydrogen-bond donors (Lipinski definition) is 2. The molecule has 0 aliphatic heterocycles. The van der Waals surface area contributed by atoms with Gasteiger partial charge >= 0.3 is 38.4 Å². The van der Waals surface area contributed by atoms with Crippen molar-refractivity contribution in [3.63, 3.8) is 0 Å². The first kappa shape index (κ1) is 46.3. The molecule has 0 aliphatic rings. The minimum absolute atomic E-state index is 0.862. The Kier molecular flexibility index (Phi) is 57.1. The Morgan fingerprint density at radius 1 is 0.366 bits per heavy atom. The molecule has 2 nitrogen and oxygen atoms in total. The van der Waals surface area contributed by atoms with E-state index >= 15 is 0 Å². The van der Waals surface area contributed by atoms with Crippen LogP contribution in [0.15, 0.2) is 24.3 Å². The molecule has 0 aromatic carbocycles. The van der Waals surface area contributed by atoms with Crippen LogP contribution in [-0.2, 0) is 0 Å². The van der Waals surface area contributed by atoms with E-state index in [1.807, 2.05) is 0 Å². The first-order chi connectivity index (χ1) is 20.2.